The third-order valence-corrected chi connectivity index (χ3v) is 4.64. The molecule has 1 aliphatic heterocycles. The minimum Gasteiger partial charge on any atom is -0.333 e. The van der Waals surface area contributed by atoms with E-state index in [1.54, 1.807) is 0 Å². The van der Waals surface area contributed by atoms with Crippen LogP contribution in [0.2, 0.25) is 0 Å². The molecule has 1 aliphatic rings. The van der Waals surface area contributed by atoms with Crippen molar-refractivity contribution in [1.82, 2.24) is 14.5 Å². The minimum absolute atomic E-state index is 0.232. The van der Waals surface area contributed by atoms with E-state index in [0.29, 0.717) is 6.54 Å². The molecule has 106 valence electrons. The summed E-state index contributed by atoms with van der Waals surface area (Å²) in [5, 5.41) is 0. The number of fused-ring (bicyclic) bond motifs is 1. The van der Waals surface area contributed by atoms with Crippen molar-refractivity contribution < 1.29 is 0 Å². The molecule has 0 aliphatic carbocycles. The van der Waals surface area contributed by atoms with Gasteiger partial charge in [-0.1, -0.05) is 28.1 Å². The molecule has 0 saturated heterocycles. The molecule has 0 radical (unpaired) electrons. The maximum absolute atomic E-state index is 6.05. The van der Waals surface area contributed by atoms with Gasteiger partial charge in [-0.25, -0.2) is 4.98 Å². The fraction of sp³-hybridized carbons (Fsp3) is 0.400. The Morgan fingerprint density at radius 2 is 2.25 bits per heavy atom. The van der Waals surface area contributed by atoms with E-state index in [0.717, 1.165) is 29.9 Å². The molecule has 2 N–H and O–H groups in total. The quantitative estimate of drug-likeness (QED) is 0.937. The second-order valence-electron chi connectivity index (χ2n) is 5.28. The van der Waals surface area contributed by atoms with Crippen molar-refractivity contribution in [3.05, 3.63) is 52.0 Å². The Morgan fingerprint density at radius 1 is 1.40 bits per heavy atom. The third-order valence-electron chi connectivity index (χ3n) is 3.95. The Kier molecular flexibility index (Phi) is 3.92. The van der Waals surface area contributed by atoms with Crippen LogP contribution < -0.4 is 5.73 Å². The molecule has 0 spiro atoms. The maximum Gasteiger partial charge on any atom is 0.122 e. The molecule has 5 heteroatoms. The summed E-state index contributed by atoms with van der Waals surface area (Å²) in [5.41, 5.74) is 8.57. The summed E-state index contributed by atoms with van der Waals surface area (Å²) in [5.74, 6) is 1.12. The van der Waals surface area contributed by atoms with E-state index < -0.39 is 0 Å². The number of aryl methyl sites for hydroxylation is 1. The molecule has 0 bridgehead atoms. The summed E-state index contributed by atoms with van der Waals surface area (Å²) in [6.07, 6.45) is 3.92. The van der Waals surface area contributed by atoms with Gasteiger partial charge >= 0.3 is 0 Å². The van der Waals surface area contributed by atoms with Gasteiger partial charge < -0.3 is 10.3 Å². The van der Waals surface area contributed by atoms with E-state index in [2.05, 4.69) is 55.5 Å². The van der Waals surface area contributed by atoms with Crippen LogP contribution in [0.25, 0.3) is 0 Å². The van der Waals surface area contributed by atoms with E-state index in [9.17, 15) is 0 Å². The van der Waals surface area contributed by atoms with Crippen LogP contribution in [0.4, 0.5) is 0 Å². The highest BCUT2D eigenvalue weighted by atomic mass is 79.9. The molecule has 20 heavy (non-hydrogen) atoms. The van der Waals surface area contributed by atoms with Gasteiger partial charge in [-0.15, -0.1) is 0 Å². The number of rotatable bonds is 3. The average Bonchev–Trinajstić information content (AvgIpc) is 2.89. The number of hydrogen-bond donors (Lipinski definition) is 1. The van der Waals surface area contributed by atoms with Gasteiger partial charge in [0.25, 0.3) is 0 Å². The Hall–Kier alpha value is -1.17. The normalized spacial score (nSPS) is 16.9. The smallest absolute Gasteiger partial charge is 0.122 e. The number of imidazole rings is 1. The van der Waals surface area contributed by atoms with Gasteiger partial charge in [0.05, 0.1) is 6.54 Å². The van der Waals surface area contributed by atoms with E-state index in [1.807, 2.05) is 12.4 Å². The van der Waals surface area contributed by atoms with Crippen molar-refractivity contribution in [2.24, 2.45) is 5.73 Å². The summed E-state index contributed by atoms with van der Waals surface area (Å²) in [6, 6.07) is 6.71. The first-order chi connectivity index (χ1) is 9.69. The Bertz CT molecular complexity index is 608. The monoisotopic (exact) mass is 334 g/mol. The van der Waals surface area contributed by atoms with Crippen LogP contribution in [0.15, 0.2) is 35.1 Å². The molecule has 2 aromatic rings. The molecule has 0 amide bonds. The summed E-state index contributed by atoms with van der Waals surface area (Å²) >= 11 is 3.68. The average molecular weight is 335 g/mol. The molecular weight excluding hydrogens is 316 g/mol. The summed E-state index contributed by atoms with van der Waals surface area (Å²) in [6.45, 7) is 5.56. The van der Waals surface area contributed by atoms with Gasteiger partial charge in [0.1, 0.15) is 5.82 Å². The highest BCUT2D eigenvalue weighted by molar-refractivity contribution is 9.10. The zero-order valence-corrected chi connectivity index (χ0v) is 13.2. The van der Waals surface area contributed by atoms with Gasteiger partial charge in [-0.3, -0.25) is 4.90 Å². The highest BCUT2D eigenvalue weighted by Crippen LogP contribution is 2.30. The molecule has 1 aromatic carbocycles. The summed E-state index contributed by atoms with van der Waals surface area (Å²) < 4.78 is 3.36. The van der Waals surface area contributed by atoms with Gasteiger partial charge in [0.2, 0.25) is 0 Å². The molecule has 4 nitrogen and oxygen atoms in total. The predicted octanol–water partition coefficient (Wildman–Crippen LogP) is 2.47. The van der Waals surface area contributed by atoms with Crippen LogP contribution in [0.1, 0.15) is 23.0 Å². The molecule has 0 fully saturated rings. The number of halogens is 1. The van der Waals surface area contributed by atoms with Crippen LogP contribution in [0.3, 0.4) is 0 Å². The van der Waals surface area contributed by atoms with Crippen LogP contribution in [-0.2, 0) is 13.1 Å². The Morgan fingerprint density at radius 3 is 3.00 bits per heavy atom. The van der Waals surface area contributed by atoms with Crippen molar-refractivity contribution in [2.45, 2.75) is 26.1 Å². The van der Waals surface area contributed by atoms with Crippen LogP contribution in [0.5, 0.6) is 0 Å². The highest BCUT2D eigenvalue weighted by Gasteiger charge is 2.25. The van der Waals surface area contributed by atoms with E-state index >= 15 is 0 Å². The standard InChI is InChI=1S/C15H19BrN4/c1-11-2-3-12(13(16)8-11)14(9-17)20-7-6-19-5-4-18-15(19)10-20/h2-5,8,14H,6-7,9-10,17H2,1H3. The molecule has 1 aromatic heterocycles. The lowest BCUT2D eigenvalue weighted by Crippen LogP contribution is -2.39. The Labute approximate surface area is 127 Å². The largest absolute Gasteiger partial charge is 0.333 e. The van der Waals surface area contributed by atoms with E-state index in [-0.39, 0.29) is 6.04 Å². The van der Waals surface area contributed by atoms with Crippen molar-refractivity contribution in [1.29, 1.82) is 0 Å². The van der Waals surface area contributed by atoms with E-state index in [1.165, 1.54) is 11.1 Å². The minimum atomic E-state index is 0.232. The maximum atomic E-state index is 6.05. The molecule has 3 rings (SSSR count). The van der Waals surface area contributed by atoms with E-state index in [4.69, 9.17) is 5.73 Å². The Balaban J connectivity index is 1.87. The summed E-state index contributed by atoms with van der Waals surface area (Å²) in [4.78, 5) is 6.84. The van der Waals surface area contributed by atoms with Crippen LogP contribution in [0, 0.1) is 6.92 Å². The molecule has 1 atom stereocenters. The van der Waals surface area contributed by atoms with Gasteiger partial charge in [-0.05, 0) is 24.1 Å². The van der Waals surface area contributed by atoms with Crippen molar-refractivity contribution in [3.63, 3.8) is 0 Å². The second kappa shape index (κ2) is 5.68. The molecule has 2 heterocycles. The SMILES string of the molecule is Cc1ccc(C(CN)N2CCn3ccnc3C2)c(Br)c1. The topological polar surface area (TPSA) is 47.1 Å². The first-order valence-electron chi connectivity index (χ1n) is 6.89. The molecular formula is C15H19BrN4. The number of aromatic nitrogens is 2. The number of nitrogens with zero attached hydrogens (tertiary/aromatic N) is 3. The van der Waals surface area contributed by atoms with Gasteiger partial charge in [-0.2, -0.15) is 0 Å². The molecule has 0 saturated carbocycles. The fourth-order valence-electron chi connectivity index (χ4n) is 2.83. The number of hydrogen-bond acceptors (Lipinski definition) is 3. The van der Waals surface area contributed by atoms with Crippen LogP contribution >= 0.6 is 15.9 Å². The third kappa shape index (κ3) is 2.53. The molecule has 1 unspecified atom stereocenters. The zero-order valence-electron chi connectivity index (χ0n) is 11.6. The fourth-order valence-corrected chi connectivity index (χ4v) is 3.59. The lowest BCUT2D eigenvalue weighted by Gasteiger charge is -2.35. The van der Waals surface area contributed by atoms with Gasteiger partial charge in [0, 0.05) is 42.5 Å². The predicted molar refractivity (Wildman–Crippen MR) is 83.3 cm³/mol. The lowest BCUT2D eigenvalue weighted by molar-refractivity contribution is 0.156. The first kappa shape index (κ1) is 13.8. The van der Waals surface area contributed by atoms with Crippen molar-refractivity contribution in [2.75, 3.05) is 13.1 Å². The van der Waals surface area contributed by atoms with Crippen molar-refractivity contribution in [3.8, 4) is 0 Å². The second-order valence-corrected chi connectivity index (χ2v) is 6.14. The zero-order chi connectivity index (χ0) is 14.1. The first-order valence-corrected chi connectivity index (χ1v) is 7.68. The van der Waals surface area contributed by atoms with Crippen LogP contribution in [-0.4, -0.2) is 27.5 Å². The number of nitrogens with two attached hydrogens (primary N) is 1. The lowest BCUT2D eigenvalue weighted by atomic mass is 10.0. The summed E-state index contributed by atoms with van der Waals surface area (Å²) in [7, 11) is 0. The van der Waals surface area contributed by atoms with Gasteiger partial charge in [0.15, 0.2) is 0 Å². The number of benzene rings is 1. The van der Waals surface area contributed by atoms with Crippen molar-refractivity contribution >= 4 is 15.9 Å².